The van der Waals surface area contributed by atoms with Crippen LogP contribution in [0.4, 0.5) is 4.39 Å². The topological polar surface area (TPSA) is 55.4 Å². The molecule has 1 aromatic carbocycles. The maximum absolute atomic E-state index is 12.9. The van der Waals surface area contributed by atoms with Crippen molar-refractivity contribution in [3.05, 3.63) is 29.6 Å². The molecule has 0 aliphatic heterocycles. The summed E-state index contributed by atoms with van der Waals surface area (Å²) in [6.45, 7) is 0.261. The molecular weight excluding hydrogens is 213 g/mol. The molecule has 4 nitrogen and oxygen atoms in total. The van der Waals surface area contributed by atoms with Gasteiger partial charge >= 0.3 is 0 Å². The standard InChI is InChI=1S/C11H12FNO3/c1-16-10-3-2-9(12)6-8(10)4-5-13-11(15)7-14/h2-3,6-7H,4-5H2,1H3,(H,13,15). The third kappa shape index (κ3) is 3.34. The molecule has 0 aliphatic carbocycles. The van der Waals surface area contributed by atoms with Gasteiger partial charge in [0.25, 0.3) is 5.91 Å². The summed E-state index contributed by atoms with van der Waals surface area (Å²) in [4.78, 5) is 20.7. The highest BCUT2D eigenvalue weighted by Crippen LogP contribution is 2.19. The molecule has 0 bridgehead atoms. The number of amides is 1. The Hall–Kier alpha value is -1.91. The van der Waals surface area contributed by atoms with Crippen molar-refractivity contribution in [3.8, 4) is 5.75 Å². The SMILES string of the molecule is COc1ccc(F)cc1CCNC(=O)C=O. The Morgan fingerprint density at radius 2 is 2.31 bits per heavy atom. The summed E-state index contributed by atoms with van der Waals surface area (Å²) in [5.41, 5.74) is 0.647. The molecule has 86 valence electrons. The van der Waals surface area contributed by atoms with Crippen LogP contribution in [0.3, 0.4) is 0 Å². The Morgan fingerprint density at radius 1 is 1.56 bits per heavy atom. The first kappa shape index (κ1) is 12.2. The van der Waals surface area contributed by atoms with E-state index < -0.39 is 5.91 Å². The number of carbonyl (C=O) groups excluding carboxylic acids is 2. The maximum atomic E-state index is 12.9. The quantitative estimate of drug-likeness (QED) is 0.592. The maximum Gasteiger partial charge on any atom is 0.284 e. The monoisotopic (exact) mass is 225 g/mol. The van der Waals surface area contributed by atoms with E-state index in [9.17, 15) is 14.0 Å². The third-order valence-electron chi connectivity index (χ3n) is 2.04. The zero-order chi connectivity index (χ0) is 12.0. The first-order valence-electron chi connectivity index (χ1n) is 4.72. The molecule has 0 aliphatic rings. The second-order valence-electron chi connectivity index (χ2n) is 3.12. The minimum Gasteiger partial charge on any atom is -0.496 e. The van der Waals surface area contributed by atoms with Crippen molar-refractivity contribution in [2.75, 3.05) is 13.7 Å². The van der Waals surface area contributed by atoms with Crippen LogP contribution in [0.15, 0.2) is 18.2 Å². The highest BCUT2D eigenvalue weighted by molar-refractivity contribution is 6.23. The molecule has 0 fully saturated rings. The molecule has 1 aromatic rings. The Kier molecular flexibility index (Phi) is 4.44. The average molecular weight is 225 g/mol. The van der Waals surface area contributed by atoms with Gasteiger partial charge in [0.05, 0.1) is 7.11 Å². The molecule has 0 saturated heterocycles. The molecule has 5 heteroatoms. The fourth-order valence-electron chi connectivity index (χ4n) is 1.30. The first-order chi connectivity index (χ1) is 7.67. The van der Waals surface area contributed by atoms with Crippen molar-refractivity contribution in [2.24, 2.45) is 0 Å². The number of ether oxygens (including phenoxy) is 1. The van der Waals surface area contributed by atoms with Gasteiger partial charge in [-0.05, 0) is 30.2 Å². The van der Waals surface area contributed by atoms with E-state index in [1.807, 2.05) is 0 Å². The number of nitrogens with one attached hydrogen (secondary N) is 1. The normalized spacial score (nSPS) is 9.62. The molecule has 16 heavy (non-hydrogen) atoms. The first-order valence-corrected chi connectivity index (χ1v) is 4.72. The van der Waals surface area contributed by atoms with Gasteiger partial charge in [0.1, 0.15) is 11.6 Å². The van der Waals surface area contributed by atoms with Crippen molar-refractivity contribution < 1.29 is 18.7 Å². The van der Waals surface area contributed by atoms with E-state index in [0.29, 0.717) is 17.7 Å². The van der Waals surface area contributed by atoms with Crippen molar-refractivity contribution >= 4 is 12.2 Å². The number of methoxy groups -OCH3 is 1. The van der Waals surface area contributed by atoms with Crippen LogP contribution in [0.25, 0.3) is 0 Å². The van der Waals surface area contributed by atoms with Crippen molar-refractivity contribution in [1.29, 1.82) is 0 Å². The van der Waals surface area contributed by atoms with Crippen LogP contribution in [0.5, 0.6) is 5.75 Å². The van der Waals surface area contributed by atoms with Crippen LogP contribution < -0.4 is 10.1 Å². The smallest absolute Gasteiger partial charge is 0.284 e. The number of hydrogen-bond donors (Lipinski definition) is 1. The molecule has 0 heterocycles. The van der Waals surface area contributed by atoms with Crippen LogP contribution in [0.1, 0.15) is 5.56 Å². The molecule has 1 N–H and O–H groups in total. The lowest BCUT2D eigenvalue weighted by Crippen LogP contribution is -2.26. The minimum absolute atomic E-state index is 0.197. The number of halogens is 1. The summed E-state index contributed by atoms with van der Waals surface area (Å²) < 4.78 is 18.0. The Labute approximate surface area is 92.4 Å². The molecule has 0 spiro atoms. The number of carbonyl (C=O) groups is 2. The van der Waals surface area contributed by atoms with E-state index in [1.54, 1.807) is 0 Å². The van der Waals surface area contributed by atoms with Gasteiger partial charge in [-0.2, -0.15) is 0 Å². The van der Waals surface area contributed by atoms with Gasteiger partial charge in [-0.3, -0.25) is 9.59 Å². The second-order valence-corrected chi connectivity index (χ2v) is 3.12. The zero-order valence-electron chi connectivity index (χ0n) is 8.83. The van der Waals surface area contributed by atoms with Gasteiger partial charge in [0.15, 0.2) is 0 Å². The number of rotatable bonds is 5. The number of hydrogen-bond acceptors (Lipinski definition) is 3. The van der Waals surface area contributed by atoms with Crippen LogP contribution in [0, 0.1) is 5.82 Å². The molecule has 0 saturated carbocycles. The molecule has 1 amide bonds. The largest absolute Gasteiger partial charge is 0.496 e. The highest BCUT2D eigenvalue weighted by Gasteiger charge is 2.05. The van der Waals surface area contributed by atoms with Crippen molar-refractivity contribution in [3.63, 3.8) is 0 Å². The predicted molar refractivity (Wildman–Crippen MR) is 55.7 cm³/mol. The lowest BCUT2D eigenvalue weighted by molar-refractivity contribution is -0.131. The van der Waals surface area contributed by atoms with E-state index >= 15 is 0 Å². The van der Waals surface area contributed by atoms with E-state index in [0.717, 1.165) is 0 Å². The van der Waals surface area contributed by atoms with Crippen LogP contribution in [0.2, 0.25) is 0 Å². The fourth-order valence-corrected chi connectivity index (χ4v) is 1.30. The molecule has 1 rings (SSSR count). The summed E-state index contributed by atoms with van der Waals surface area (Å²) in [6.07, 6.45) is 0.601. The van der Waals surface area contributed by atoms with E-state index in [4.69, 9.17) is 4.74 Å². The molecule has 0 unspecified atom stereocenters. The van der Waals surface area contributed by atoms with E-state index in [1.165, 1.54) is 25.3 Å². The summed E-state index contributed by atoms with van der Waals surface area (Å²) in [5, 5.41) is 2.37. The zero-order valence-corrected chi connectivity index (χ0v) is 8.83. The molecule has 0 radical (unpaired) electrons. The average Bonchev–Trinajstić information content (AvgIpc) is 2.29. The fraction of sp³-hybridized carbons (Fsp3) is 0.273. The summed E-state index contributed by atoms with van der Waals surface area (Å²) >= 11 is 0. The van der Waals surface area contributed by atoms with Gasteiger partial charge in [-0.15, -0.1) is 0 Å². The molecule has 0 atom stereocenters. The molecule has 0 aromatic heterocycles. The van der Waals surface area contributed by atoms with Gasteiger partial charge < -0.3 is 10.1 Å². The third-order valence-corrected chi connectivity index (χ3v) is 2.04. The van der Waals surface area contributed by atoms with Crippen LogP contribution >= 0.6 is 0 Å². The summed E-state index contributed by atoms with van der Waals surface area (Å²) in [7, 11) is 1.49. The Balaban J connectivity index is 2.61. The lowest BCUT2D eigenvalue weighted by Gasteiger charge is -2.08. The lowest BCUT2D eigenvalue weighted by atomic mass is 10.1. The predicted octanol–water partition coefficient (Wildman–Crippen LogP) is 0.692. The van der Waals surface area contributed by atoms with Gasteiger partial charge in [-0.1, -0.05) is 0 Å². The van der Waals surface area contributed by atoms with Gasteiger partial charge in [0, 0.05) is 6.54 Å². The number of aldehydes is 1. The van der Waals surface area contributed by atoms with E-state index in [-0.39, 0.29) is 18.6 Å². The van der Waals surface area contributed by atoms with Crippen LogP contribution in [-0.2, 0) is 16.0 Å². The highest BCUT2D eigenvalue weighted by atomic mass is 19.1. The van der Waals surface area contributed by atoms with Crippen molar-refractivity contribution in [2.45, 2.75) is 6.42 Å². The van der Waals surface area contributed by atoms with Gasteiger partial charge in [-0.25, -0.2) is 4.39 Å². The van der Waals surface area contributed by atoms with Crippen LogP contribution in [-0.4, -0.2) is 25.8 Å². The minimum atomic E-state index is -0.685. The van der Waals surface area contributed by atoms with Crippen molar-refractivity contribution in [1.82, 2.24) is 5.32 Å². The summed E-state index contributed by atoms with van der Waals surface area (Å²) in [5.74, 6) is -0.491. The summed E-state index contributed by atoms with van der Waals surface area (Å²) in [6, 6.07) is 4.16. The van der Waals surface area contributed by atoms with Gasteiger partial charge in [0.2, 0.25) is 6.29 Å². The molecular formula is C11H12FNO3. The Morgan fingerprint density at radius 3 is 2.94 bits per heavy atom. The number of benzene rings is 1. The van der Waals surface area contributed by atoms with E-state index in [2.05, 4.69) is 5.32 Å². The second kappa shape index (κ2) is 5.85. The Bertz CT molecular complexity index is 393.